The van der Waals surface area contributed by atoms with Crippen LogP contribution >= 0.6 is 0 Å². The number of rotatable bonds is 8. The number of nitrogens with one attached hydrogen (secondary N) is 1. The Morgan fingerprint density at radius 2 is 2.00 bits per heavy atom. The molecule has 0 heterocycles. The first-order valence-corrected chi connectivity index (χ1v) is 7.20. The average Bonchev–Trinajstić information content (AvgIpc) is 2.35. The number of halogens is 1. The molecule has 0 aliphatic heterocycles. The second-order valence-corrected chi connectivity index (χ2v) is 5.39. The minimum absolute atomic E-state index is 0.176. The van der Waals surface area contributed by atoms with Gasteiger partial charge in [-0.1, -0.05) is 26.8 Å². The third kappa shape index (κ3) is 5.60. The van der Waals surface area contributed by atoms with Gasteiger partial charge in [-0.25, -0.2) is 4.39 Å². The molecule has 0 radical (unpaired) electrons. The van der Waals surface area contributed by atoms with Gasteiger partial charge < -0.3 is 10.1 Å². The summed E-state index contributed by atoms with van der Waals surface area (Å²) in [6.07, 6.45) is 2.06. The van der Waals surface area contributed by atoms with Crippen LogP contribution < -0.4 is 10.1 Å². The molecule has 0 fully saturated rings. The number of hydrogen-bond acceptors (Lipinski definition) is 2. The summed E-state index contributed by atoms with van der Waals surface area (Å²) in [5.41, 5.74) is 1.03. The molecule has 108 valence electrons. The maximum atomic E-state index is 13.3. The molecule has 1 aromatic rings. The van der Waals surface area contributed by atoms with E-state index in [1.807, 2.05) is 6.07 Å². The SMILES string of the molecule is CCCNC(C)c1ccc(F)cc1OCCC(C)C. The lowest BCUT2D eigenvalue weighted by Crippen LogP contribution is -2.20. The van der Waals surface area contributed by atoms with Crippen molar-refractivity contribution in [3.8, 4) is 5.75 Å². The van der Waals surface area contributed by atoms with Gasteiger partial charge in [-0.05, 0) is 38.3 Å². The van der Waals surface area contributed by atoms with Crippen LogP contribution in [0.25, 0.3) is 0 Å². The molecule has 1 atom stereocenters. The standard InChI is InChI=1S/C16H26FNO/c1-5-9-18-13(4)15-7-6-14(17)11-16(15)19-10-8-12(2)3/h6-7,11-13,18H,5,8-10H2,1-4H3. The largest absolute Gasteiger partial charge is 0.493 e. The summed E-state index contributed by atoms with van der Waals surface area (Å²) in [5.74, 6) is 1.01. The molecule has 0 aromatic heterocycles. The minimum atomic E-state index is -0.244. The molecule has 0 saturated carbocycles. The van der Waals surface area contributed by atoms with Gasteiger partial charge in [0.25, 0.3) is 0 Å². The molecule has 0 saturated heterocycles. The monoisotopic (exact) mass is 267 g/mol. The van der Waals surface area contributed by atoms with E-state index < -0.39 is 0 Å². The van der Waals surface area contributed by atoms with Gasteiger partial charge in [-0.15, -0.1) is 0 Å². The van der Waals surface area contributed by atoms with Crippen molar-refractivity contribution in [1.29, 1.82) is 0 Å². The van der Waals surface area contributed by atoms with E-state index >= 15 is 0 Å². The van der Waals surface area contributed by atoms with Crippen molar-refractivity contribution in [2.45, 2.75) is 46.6 Å². The number of hydrogen-bond donors (Lipinski definition) is 1. The van der Waals surface area contributed by atoms with Crippen molar-refractivity contribution in [2.75, 3.05) is 13.2 Å². The predicted molar refractivity (Wildman–Crippen MR) is 78.1 cm³/mol. The molecule has 0 bridgehead atoms. The zero-order valence-electron chi connectivity index (χ0n) is 12.5. The van der Waals surface area contributed by atoms with Crippen molar-refractivity contribution in [3.63, 3.8) is 0 Å². The normalized spacial score (nSPS) is 12.7. The first-order valence-electron chi connectivity index (χ1n) is 7.20. The van der Waals surface area contributed by atoms with Crippen molar-refractivity contribution in [3.05, 3.63) is 29.6 Å². The van der Waals surface area contributed by atoms with E-state index in [2.05, 4.69) is 33.0 Å². The molecule has 1 unspecified atom stereocenters. The molecule has 1 aromatic carbocycles. The van der Waals surface area contributed by atoms with Crippen LogP contribution in [-0.4, -0.2) is 13.2 Å². The van der Waals surface area contributed by atoms with E-state index in [4.69, 9.17) is 4.74 Å². The Morgan fingerprint density at radius 3 is 2.63 bits per heavy atom. The molecular formula is C16H26FNO. The summed E-state index contributed by atoms with van der Waals surface area (Å²) in [4.78, 5) is 0. The van der Waals surface area contributed by atoms with E-state index in [1.165, 1.54) is 12.1 Å². The highest BCUT2D eigenvalue weighted by molar-refractivity contribution is 5.36. The fourth-order valence-electron chi connectivity index (χ4n) is 1.87. The Kier molecular flexibility index (Phi) is 6.85. The van der Waals surface area contributed by atoms with Crippen molar-refractivity contribution >= 4 is 0 Å². The Morgan fingerprint density at radius 1 is 1.26 bits per heavy atom. The molecular weight excluding hydrogens is 241 g/mol. The lowest BCUT2D eigenvalue weighted by molar-refractivity contribution is 0.283. The number of benzene rings is 1. The van der Waals surface area contributed by atoms with E-state index in [1.54, 1.807) is 0 Å². The minimum Gasteiger partial charge on any atom is -0.493 e. The fourth-order valence-corrected chi connectivity index (χ4v) is 1.87. The second-order valence-electron chi connectivity index (χ2n) is 5.39. The predicted octanol–water partition coefficient (Wildman–Crippen LogP) is 4.31. The van der Waals surface area contributed by atoms with Crippen LogP contribution in [-0.2, 0) is 0 Å². The van der Waals surface area contributed by atoms with Gasteiger partial charge in [0.1, 0.15) is 11.6 Å². The quantitative estimate of drug-likeness (QED) is 0.757. The summed E-state index contributed by atoms with van der Waals surface area (Å²) in [7, 11) is 0. The van der Waals surface area contributed by atoms with Crippen LogP contribution in [0.1, 0.15) is 52.1 Å². The van der Waals surface area contributed by atoms with Crippen LogP contribution in [0.5, 0.6) is 5.75 Å². The molecule has 0 aliphatic rings. The first-order chi connectivity index (χ1) is 9.04. The Hall–Kier alpha value is -1.09. The molecule has 1 N–H and O–H groups in total. The lowest BCUT2D eigenvalue weighted by Gasteiger charge is -2.18. The van der Waals surface area contributed by atoms with Crippen LogP contribution in [0.15, 0.2) is 18.2 Å². The molecule has 0 spiro atoms. The smallest absolute Gasteiger partial charge is 0.126 e. The molecule has 1 rings (SSSR count). The molecule has 19 heavy (non-hydrogen) atoms. The maximum Gasteiger partial charge on any atom is 0.126 e. The molecule has 0 aliphatic carbocycles. The van der Waals surface area contributed by atoms with E-state index in [0.29, 0.717) is 18.3 Å². The van der Waals surface area contributed by atoms with Crippen LogP contribution in [0.2, 0.25) is 0 Å². The molecule has 0 amide bonds. The van der Waals surface area contributed by atoms with Gasteiger partial charge >= 0.3 is 0 Å². The topological polar surface area (TPSA) is 21.3 Å². The third-order valence-electron chi connectivity index (χ3n) is 3.10. The summed E-state index contributed by atoms with van der Waals surface area (Å²) >= 11 is 0. The van der Waals surface area contributed by atoms with Gasteiger partial charge in [-0.3, -0.25) is 0 Å². The third-order valence-corrected chi connectivity index (χ3v) is 3.10. The highest BCUT2D eigenvalue weighted by Gasteiger charge is 2.12. The van der Waals surface area contributed by atoms with Crippen molar-refractivity contribution in [1.82, 2.24) is 5.32 Å². The lowest BCUT2D eigenvalue weighted by atomic mass is 10.1. The van der Waals surface area contributed by atoms with Gasteiger partial charge in [0.15, 0.2) is 0 Å². The Balaban J connectivity index is 2.73. The average molecular weight is 267 g/mol. The number of ether oxygens (including phenoxy) is 1. The summed E-state index contributed by atoms with van der Waals surface area (Å²) < 4.78 is 19.1. The zero-order chi connectivity index (χ0) is 14.3. The van der Waals surface area contributed by atoms with E-state index in [-0.39, 0.29) is 11.9 Å². The van der Waals surface area contributed by atoms with E-state index in [0.717, 1.165) is 24.9 Å². The fraction of sp³-hybridized carbons (Fsp3) is 0.625. The highest BCUT2D eigenvalue weighted by Crippen LogP contribution is 2.26. The van der Waals surface area contributed by atoms with Crippen LogP contribution in [0.3, 0.4) is 0 Å². The van der Waals surface area contributed by atoms with Crippen LogP contribution in [0.4, 0.5) is 4.39 Å². The van der Waals surface area contributed by atoms with Crippen molar-refractivity contribution < 1.29 is 9.13 Å². The molecule has 3 heteroatoms. The summed E-state index contributed by atoms with van der Waals surface area (Å²) in [6, 6.07) is 4.97. The Labute approximate surface area is 116 Å². The van der Waals surface area contributed by atoms with Gasteiger partial charge in [0.2, 0.25) is 0 Å². The molecule has 2 nitrogen and oxygen atoms in total. The van der Waals surface area contributed by atoms with Crippen molar-refractivity contribution in [2.24, 2.45) is 5.92 Å². The zero-order valence-corrected chi connectivity index (χ0v) is 12.5. The van der Waals surface area contributed by atoms with Gasteiger partial charge in [0, 0.05) is 17.7 Å². The maximum absolute atomic E-state index is 13.3. The summed E-state index contributed by atoms with van der Waals surface area (Å²) in [6.45, 7) is 10.1. The van der Waals surface area contributed by atoms with E-state index in [9.17, 15) is 4.39 Å². The summed E-state index contributed by atoms with van der Waals surface area (Å²) in [5, 5.41) is 3.41. The van der Waals surface area contributed by atoms with Crippen LogP contribution in [0, 0.1) is 11.7 Å². The second kappa shape index (κ2) is 8.16. The Bertz CT molecular complexity index is 379. The van der Waals surface area contributed by atoms with Gasteiger partial charge in [-0.2, -0.15) is 0 Å². The highest BCUT2D eigenvalue weighted by atomic mass is 19.1. The van der Waals surface area contributed by atoms with Gasteiger partial charge in [0.05, 0.1) is 6.61 Å². The first kappa shape index (κ1) is 16.0.